The molecule has 3 fully saturated rings. The van der Waals surface area contributed by atoms with E-state index in [1.165, 1.54) is 5.69 Å². The van der Waals surface area contributed by atoms with E-state index in [0.717, 1.165) is 72.6 Å². The van der Waals surface area contributed by atoms with Crippen molar-refractivity contribution >= 4 is 33.9 Å². The Hall–Kier alpha value is -3.86. The molecule has 3 aromatic heterocycles. The molecule has 3 aliphatic rings. The van der Waals surface area contributed by atoms with Gasteiger partial charge in [-0.15, -0.1) is 0 Å². The average molecular weight is 539 g/mol. The third kappa shape index (κ3) is 4.94. The maximum atomic E-state index is 10.3. The Bertz CT molecular complexity index is 1530. The molecule has 7 rings (SSSR count). The first-order valence-corrected chi connectivity index (χ1v) is 14.1. The number of aliphatic hydroxyl groups excluding tert-OH is 2. The minimum Gasteiger partial charge on any atom is -0.389 e. The molecule has 3 N–H and O–H groups in total. The summed E-state index contributed by atoms with van der Waals surface area (Å²) in [6, 6.07) is 12.3. The topological polar surface area (TPSA) is 114 Å². The van der Waals surface area contributed by atoms with E-state index in [9.17, 15) is 10.2 Å². The zero-order chi connectivity index (χ0) is 27.2. The monoisotopic (exact) mass is 538 g/mol. The molecule has 2 atom stereocenters. The van der Waals surface area contributed by atoms with E-state index >= 15 is 0 Å². The van der Waals surface area contributed by atoms with Crippen LogP contribution >= 0.6 is 0 Å². The molecule has 0 unspecified atom stereocenters. The molecular formula is C30H34N8O2. The summed E-state index contributed by atoms with van der Waals surface area (Å²) in [5, 5.41) is 25.0. The highest BCUT2D eigenvalue weighted by atomic mass is 16.3. The van der Waals surface area contributed by atoms with Crippen LogP contribution in [0, 0.1) is 0 Å². The van der Waals surface area contributed by atoms with Crippen LogP contribution in [0.15, 0.2) is 55.0 Å². The molecule has 0 spiro atoms. The minimum atomic E-state index is -0.807. The van der Waals surface area contributed by atoms with Gasteiger partial charge in [0, 0.05) is 74.0 Å². The maximum absolute atomic E-state index is 10.3. The highest BCUT2D eigenvalue weighted by Crippen LogP contribution is 2.45. The minimum absolute atomic E-state index is 0.325. The van der Waals surface area contributed by atoms with Gasteiger partial charge in [0.25, 0.3) is 0 Å². The molecule has 40 heavy (non-hydrogen) atoms. The highest BCUT2D eigenvalue weighted by Gasteiger charge is 2.34. The molecule has 2 aliphatic heterocycles. The van der Waals surface area contributed by atoms with Gasteiger partial charge in [0.05, 0.1) is 23.9 Å². The number of nitrogens with zero attached hydrogens (tertiary/aromatic N) is 7. The number of aromatic nitrogens is 4. The second-order valence-electron chi connectivity index (χ2n) is 11.2. The van der Waals surface area contributed by atoms with Gasteiger partial charge < -0.3 is 30.2 Å². The van der Waals surface area contributed by atoms with Gasteiger partial charge in [-0.2, -0.15) is 0 Å². The fraction of sp³-hybridized carbons (Fsp3) is 0.400. The molecule has 206 valence electrons. The third-order valence-corrected chi connectivity index (χ3v) is 8.20. The Kier molecular flexibility index (Phi) is 6.45. The number of likely N-dealkylation sites (N-methyl/N-ethyl adjacent to an activating group) is 1. The van der Waals surface area contributed by atoms with Crippen LogP contribution in [0.1, 0.15) is 24.3 Å². The summed E-state index contributed by atoms with van der Waals surface area (Å²) >= 11 is 0. The van der Waals surface area contributed by atoms with Crippen molar-refractivity contribution in [3.63, 3.8) is 0 Å². The Labute approximate surface area is 233 Å². The van der Waals surface area contributed by atoms with Crippen molar-refractivity contribution < 1.29 is 10.2 Å². The summed E-state index contributed by atoms with van der Waals surface area (Å²) in [5.41, 5.74) is 4.91. The summed E-state index contributed by atoms with van der Waals surface area (Å²) in [5.74, 6) is 2.46. The van der Waals surface area contributed by atoms with E-state index < -0.39 is 12.2 Å². The first kappa shape index (κ1) is 25.1. The van der Waals surface area contributed by atoms with E-state index in [4.69, 9.17) is 9.97 Å². The summed E-state index contributed by atoms with van der Waals surface area (Å²) in [6.07, 6.45) is 6.10. The van der Waals surface area contributed by atoms with Crippen LogP contribution in [0.25, 0.3) is 22.3 Å². The standard InChI is InChI=1S/C30H34N8O2/c1-36-9-11-37(12-10-36)22-4-2-3-21(14-22)33-27-13-20(7-8-32-27)29-34-24-16-31-15-23(19-5-6-19)28(24)30(35-29)38-17-25(39)26(40)18-38/h2-4,7-8,13-16,19,25-26,39-40H,5-6,9-12,17-18H2,1H3,(H,32,33)/t25-,26-/m0/s1. The van der Waals surface area contributed by atoms with Crippen molar-refractivity contribution in [1.29, 1.82) is 0 Å². The number of hydrogen-bond donors (Lipinski definition) is 3. The largest absolute Gasteiger partial charge is 0.389 e. The van der Waals surface area contributed by atoms with E-state index in [1.807, 2.05) is 29.3 Å². The fourth-order valence-electron chi connectivity index (χ4n) is 5.72. The number of hydrogen-bond acceptors (Lipinski definition) is 10. The molecule has 10 heteroatoms. The number of piperazine rings is 1. The normalized spacial score (nSPS) is 21.8. The first-order valence-electron chi connectivity index (χ1n) is 14.1. The lowest BCUT2D eigenvalue weighted by Gasteiger charge is -2.34. The van der Waals surface area contributed by atoms with Crippen LogP contribution in [0.2, 0.25) is 0 Å². The zero-order valence-electron chi connectivity index (χ0n) is 22.6. The first-order chi connectivity index (χ1) is 19.5. The fourth-order valence-corrected chi connectivity index (χ4v) is 5.72. The second kappa shape index (κ2) is 10.3. The van der Waals surface area contributed by atoms with Crippen LogP contribution in [0.4, 0.5) is 23.0 Å². The SMILES string of the molecule is CN1CCN(c2cccc(Nc3cc(-c4nc(N5C[C@H](O)[C@@H](O)C5)c5c(C6CC6)cncc5n4)ccn3)c2)CC1. The molecule has 1 aromatic carbocycles. The van der Waals surface area contributed by atoms with Crippen LogP contribution in [0.5, 0.6) is 0 Å². The summed E-state index contributed by atoms with van der Waals surface area (Å²) in [6.45, 7) is 4.79. The molecule has 10 nitrogen and oxygen atoms in total. The van der Waals surface area contributed by atoms with Crippen molar-refractivity contribution in [2.75, 3.05) is 61.4 Å². The van der Waals surface area contributed by atoms with Crippen molar-refractivity contribution in [3.05, 3.63) is 60.6 Å². The number of nitrogens with one attached hydrogen (secondary N) is 1. The van der Waals surface area contributed by atoms with Crippen LogP contribution in [0.3, 0.4) is 0 Å². The van der Waals surface area contributed by atoms with Crippen molar-refractivity contribution in [2.24, 2.45) is 0 Å². The molecule has 5 heterocycles. The third-order valence-electron chi connectivity index (χ3n) is 8.20. The van der Waals surface area contributed by atoms with Gasteiger partial charge in [-0.05, 0) is 61.7 Å². The predicted molar refractivity (Wildman–Crippen MR) is 156 cm³/mol. The Morgan fingerprint density at radius 2 is 1.70 bits per heavy atom. The maximum Gasteiger partial charge on any atom is 0.162 e. The van der Waals surface area contributed by atoms with Gasteiger partial charge in [-0.25, -0.2) is 15.0 Å². The van der Waals surface area contributed by atoms with Crippen molar-refractivity contribution in [1.82, 2.24) is 24.8 Å². The quantitative estimate of drug-likeness (QED) is 0.339. The van der Waals surface area contributed by atoms with Gasteiger partial charge in [-0.3, -0.25) is 4.98 Å². The van der Waals surface area contributed by atoms with Gasteiger partial charge >= 0.3 is 0 Å². The van der Waals surface area contributed by atoms with Gasteiger partial charge in [-0.1, -0.05) is 6.07 Å². The Balaban J connectivity index is 1.22. The van der Waals surface area contributed by atoms with Gasteiger partial charge in [0.1, 0.15) is 11.6 Å². The van der Waals surface area contributed by atoms with E-state index in [-0.39, 0.29) is 0 Å². The number of β-amino-alcohol motifs (C(OH)–C–C–N with tert-alkyl or cyclic N) is 2. The molecule has 4 aromatic rings. The van der Waals surface area contributed by atoms with Gasteiger partial charge in [0.2, 0.25) is 0 Å². The lowest BCUT2D eigenvalue weighted by Crippen LogP contribution is -2.44. The molecule has 1 aliphatic carbocycles. The van der Waals surface area contributed by atoms with E-state index in [1.54, 1.807) is 12.4 Å². The van der Waals surface area contributed by atoms with Gasteiger partial charge in [0.15, 0.2) is 5.82 Å². The molecule has 0 amide bonds. The lowest BCUT2D eigenvalue weighted by atomic mass is 10.1. The number of pyridine rings is 2. The van der Waals surface area contributed by atoms with Crippen molar-refractivity contribution in [3.8, 4) is 11.4 Å². The average Bonchev–Trinajstić information content (AvgIpc) is 3.77. The smallest absolute Gasteiger partial charge is 0.162 e. The molecule has 0 bridgehead atoms. The van der Waals surface area contributed by atoms with Crippen LogP contribution < -0.4 is 15.1 Å². The lowest BCUT2D eigenvalue weighted by molar-refractivity contribution is 0.0572. The predicted octanol–water partition coefficient (Wildman–Crippen LogP) is 3.00. The molecular weight excluding hydrogens is 504 g/mol. The number of rotatable bonds is 6. The van der Waals surface area contributed by atoms with Crippen LogP contribution in [-0.2, 0) is 0 Å². The molecule has 0 radical (unpaired) electrons. The Morgan fingerprint density at radius 3 is 2.48 bits per heavy atom. The zero-order valence-corrected chi connectivity index (χ0v) is 22.6. The number of anilines is 4. The Morgan fingerprint density at radius 1 is 0.900 bits per heavy atom. The van der Waals surface area contributed by atoms with E-state index in [2.05, 4.69) is 50.3 Å². The summed E-state index contributed by atoms with van der Waals surface area (Å²) < 4.78 is 0. The second-order valence-corrected chi connectivity index (χ2v) is 11.2. The molecule has 1 saturated carbocycles. The molecule has 2 saturated heterocycles. The van der Waals surface area contributed by atoms with Crippen LogP contribution in [-0.4, -0.2) is 93.6 Å². The van der Waals surface area contributed by atoms with Crippen molar-refractivity contribution in [2.45, 2.75) is 31.0 Å². The summed E-state index contributed by atoms with van der Waals surface area (Å²) in [7, 11) is 2.16. The number of fused-ring (bicyclic) bond motifs is 1. The summed E-state index contributed by atoms with van der Waals surface area (Å²) in [4.78, 5) is 25.7. The highest BCUT2D eigenvalue weighted by molar-refractivity contribution is 5.94. The number of benzene rings is 1. The van der Waals surface area contributed by atoms with E-state index in [0.29, 0.717) is 30.6 Å². The number of aliphatic hydroxyl groups is 2.